The van der Waals surface area contributed by atoms with Crippen LogP contribution in [0.1, 0.15) is 19.3 Å². The average molecular weight is 154 g/mol. The molecule has 1 saturated carbocycles. The summed E-state index contributed by atoms with van der Waals surface area (Å²) in [4.78, 5) is 2.45. The summed E-state index contributed by atoms with van der Waals surface area (Å²) in [5.41, 5.74) is 6.31. The van der Waals surface area contributed by atoms with E-state index in [1.165, 1.54) is 32.4 Å². The van der Waals surface area contributed by atoms with Crippen LogP contribution in [0.3, 0.4) is 0 Å². The number of likely N-dealkylation sites (tertiary alicyclic amines) is 1. The molecule has 2 heteroatoms. The van der Waals surface area contributed by atoms with E-state index in [0.29, 0.717) is 5.41 Å². The lowest BCUT2D eigenvalue weighted by Gasteiger charge is -2.44. The number of hydrogen-bond donors (Lipinski definition) is 1. The lowest BCUT2D eigenvalue weighted by molar-refractivity contribution is 0.0718. The molecule has 64 valence electrons. The lowest BCUT2D eigenvalue weighted by Crippen LogP contribution is -2.42. The molecule has 0 aromatic rings. The Bertz CT molecular complexity index is 150. The van der Waals surface area contributed by atoms with Crippen molar-refractivity contribution in [3.8, 4) is 0 Å². The normalized spacial score (nSPS) is 44.7. The van der Waals surface area contributed by atoms with Gasteiger partial charge in [-0.05, 0) is 50.7 Å². The van der Waals surface area contributed by atoms with Crippen molar-refractivity contribution in [2.75, 3.05) is 26.7 Å². The van der Waals surface area contributed by atoms with E-state index in [1.807, 2.05) is 0 Å². The van der Waals surface area contributed by atoms with Crippen molar-refractivity contribution < 1.29 is 0 Å². The highest BCUT2D eigenvalue weighted by Gasteiger charge is 2.46. The number of rotatable bonds is 1. The second-order valence-electron chi connectivity index (χ2n) is 4.50. The van der Waals surface area contributed by atoms with Crippen molar-refractivity contribution in [1.82, 2.24) is 4.90 Å². The molecule has 0 radical (unpaired) electrons. The Balaban J connectivity index is 1.87. The van der Waals surface area contributed by atoms with Crippen LogP contribution in [0.25, 0.3) is 0 Å². The lowest BCUT2D eigenvalue weighted by atomic mass is 9.61. The van der Waals surface area contributed by atoms with Crippen LogP contribution in [0.5, 0.6) is 0 Å². The van der Waals surface area contributed by atoms with Crippen LogP contribution >= 0.6 is 0 Å². The Morgan fingerprint density at radius 2 is 2.27 bits per heavy atom. The van der Waals surface area contributed by atoms with Crippen molar-refractivity contribution in [2.45, 2.75) is 19.3 Å². The van der Waals surface area contributed by atoms with Crippen LogP contribution in [-0.2, 0) is 0 Å². The van der Waals surface area contributed by atoms with Gasteiger partial charge in [-0.3, -0.25) is 0 Å². The molecule has 0 amide bonds. The number of nitrogens with zero attached hydrogens (tertiary/aromatic N) is 1. The summed E-state index contributed by atoms with van der Waals surface area (Å²) in [6, 6.07) is 0. The monoisotopic (exact) mass is 154 g/mol. The highest BCUT2D eigenvalue weighted by atomic mass is 15.1. The third kappa shape index (κ3) is 1.18. The fraction of sp³-hybridized carbons (Fsp3) is 1.00. The van der Waals surface area contributed by atoms with Crippen LogP contribution < -0.4 is 5.73 Å². The van der Waals surface area contributed by atoms with Crippen molar-refractivity contribution in [3.63, 3.8) is 0 Å². The summed E-state index contributed by atoms with van der Waals surface area (Å²) in [5.74, 6) is 0.849. The summed E-state index contributed by atoms with van der Waals surface area (Å²) in [5, 5.41) is 0. The minimum absolute atomic E-state index is 0.707. The summed E-state index contributed by atoms with van der Waals surface area (Å²) in [6.45, 7) is 3.53. The van der Waals surface area contributed by atoms with E-state index in [2.05, 4.69) is 11.9 Å². The molecule has 11 heavy (non-hydrogen) atoms. The largest absolute Gasteiger partial charge is 0.330 e. The zero-order valence-electron chi connectivity index (χ0n) is 7.34. The molecule has 0 atom stereocenters. The Morgan fingerprint density at radius 3 is 2.73 bits per heavy atom. The minimum atomic E-state index is 0.707. The number of nitrogens with two attached hydrogens (primary N) is 1. The molecule has 2 rings (SSSR count). The maximum absolute atomic E-state index is 5.61. The van der Waals surface area contributed by atoms with Crippen LogP contribution in [0, 0.1) is 11.3 Å². The Morgan fingerprint density at radius 1 is 1.55 bits per heavy atom. The van der Waals surface area contributed by atoms with Gasteiger partial charge in [0.2, 0.25) is 0 Å². The Hall–Kier alpha value is -0.0800. The standard InChI is InChI=1S/C9H18N2/c1-11-3-2-9(7-11)4-8(5-9)6-10/h8H,2-7,10H2,1H3. The van der Waals surface area contributed by atoms with E-state index >= 15 is 0 Å². The second kappa shape index (κ2) is 2.46. The van der Waals surface area contributed by atoms with Gasteiger partial charge in [0.25, 0.3) is 0 Å². The average Bonchev–Trinajstić information content (AvgIpc) is 2.28. The van der Waals surface area contributed by atoms with Gasteiger partial charge in [0.05, 0.1) is 0 Å². The molecular formula is C9H18N2. The fourth-order valence-electron chi connectivity index (χ4n) is 2.82. The van der Waals surface area contributed by atoms with Gasteiger partial charge < -0.3 is 10.6 Å². The van der Waals surface area contributed by atoms with Gasteiger partial charge in [-0.25, -0.2) is 0 Å². The van der Waals surface area contributed by atoms with Gasteiger partial charge in [0.15, 0.2) is 0 Å². The van der Waals surface area contributed by atoms with E-state index in [4.69, 9.17) is 5.73 Å². The first-order chi connectivity index (χ1) is 5.24. The zero-order chi connectivity index (χ0) is 7.90. The first-order valence-electron chi connectivity index (χ1n) is 4.63. The Kier molecular flexibility index (Phi) is 1.69. The molecule has 1 spiro atoms. The van der Waals surface area contributed by atoms with Crippen LogP contribution in [0.2, 0.25) is 0 Å². The maximum Gasteiger partial charge on any atom is 0.00356 e. The first kappa shape index (κ1) is 7.56. The molecule has 1 aliphatic carbocycles. The third-order valence-corrected chi connectivity index (χ3v) is 3.41. The van der Waals surface area contributed by atoms with Crippen molar-refractivity contribution in [1.29, 1.82) is 0 Å². The topological polar surface area (TPSA) is 29.3 Å². The molecule has 0 bridgehead atoms. The molecule has 2 nitrogen and oxygen atoms in total. The summed E-state index contributed by atoms with van der Waals surface area (Å²) < 4.78 is 0. The van der Waals surface area contributed by atoms with Gasteiger partial charge in [0, 0.05) is 6.54 Å². The summed E-state index contributed by atoms with van der Waals surface area (Å²) in [6.07, 6.45) is 4.21. The molecule has 1 aliphatic heterocycles. The smallest absolute Gasteiger partial charge is 0.00356 e. The molecular weight excluding hydrogens is 136 g/mol. The molecule has 0 unspecified atom stereocenters. The molecule has 1 saturated heterocycles. The molecule has 2 N–H and O–H groups in total. The van der Waals surface area contributed by atoms with Gasteiger partial charge in [0.1, 0.15) is 0 Å². The highest BCUT2D eigenvalue weighted by molar-refractivity contribution is 4.99. The first-order valence-corrected chi connectivity index (χ1v) is 4.63. The maximum atomic E-state index is 5.61. The van der Waals surface area contributed by atoms with Gasteiger partial charge >= 0.3 is 0 Å². The van der Waals surface area contributed by atoms with Crippen LogP contribution in [-0.4, -0.2) is 31.6 Å². The summed E-state index contributed by atoms with van der Waals surface area (Å²) in [7, 11) is 2.23. The van der Waals surface area contributed by atoms with E-state index in [-0.39, 0.29) is 0 Å². The van der Waals surface area contributed by atoms with E-state index in [0.717, 1.165) is 12.5 Å². The van der Waals surface area contributed by atoms with Crippen molar-refractivity contribution in [2.24, 2.45) is 17.1 Å². The minimum Gasteiger partial charge on any atom is -0.330 e. The van der Waals surface area contributed by atoms with E-state index < -0.39 is 0 Å². The number of hydrogen-bond acceptors (Lipinski definition) is 2. The van der Waals surface area contributed by atoms with Crippen LogP contribution in [0.4, 0.5) is 0 Å². The Labute approximate surface area is 68.7 Å². The van der Waals surface area contributed by atoms with E-state index in [1.54, 1.807) is 0 Å². The summed E-state index contributed by atoms with van der Waals surface area (Å²) >= 11 is 0. The van der Waals surface area contributed by atoms with Crippen molar-refractivity contribution >= 4 is 0 Å². The predicted molar refractivity (Wildman–Crippen MR) is 46.3 cm³/mol. The molecule has 2 aliphatic rings. The molecule has 2 fully saturated rings. The van der Waals surface area contributed by atoms with Crippen molar-refractivity contribution in [3.05, 3.63) is 0 Å². The SMILES string of the molecule is CN1CCC2(CC(CN)C2)C1. The quantitative estimate of drug-likeness (QED) is 0.601. The fourth-order valence-corrected chi connectivity index (χ4v) is 2.82. The third-order valence-electron chi connectivity index (χ3n) is 3.41. The highest BCUT2D eigenvalue weighted by Crippen LogP contribution is 2.50. The molecule has 0 aromatic carbocycles. The van der Waals surface area contributed by atoms with Gasteiger partial charge in [-0.15, -0.1) is 0 Å². The van der Waals surface area contributed by atoms with E-state index in [9.17, 15) is 0 Å². The molecule has 0 aromatic heterocycles. The zero-order valence-corrected chi connectivity index (χ0v) is 7.34. The second-order valence-corrected chi connectivity index (χ2v) is 4.50. The molecule has 1 heterocycles. The van der Waals surface area contributed by atoms with Crippen LogP contribution in [0.15, 0.2) is 0 Å². The van der Waals surface area contributed by atoms with Gasteiger partial charge in [-0.2, -0.15) is 0 Å². The van der Waals surface area contributed by atoms with Gasteiger partial charge in [-0.1, -0.05) is 0 Å². The predicted octanol–water partition coefficient (Wildman–Crippen LogP) is 0.677.